The van der Waals surface area contributed by atoms with Crippen molar-refractivity contribution < 1.29 is 22.7 Å². The molecule has 1 aliphatic rings. The van der Waals surface area contributed by atoms with Crippen molar-refractivity contribution in [1.82, 2.24) is 4.90 Å². The lowest BCUT2D eigenvalue weighted by atomic mass is 10.1. The molecule has 7 heteroatoms. The van der Waals surface area contributed by atoms with Gasteiger partial charge in [-0.3, -0.25) is 9.69 Å². The van der Waals surface area contributed by atoms with Crippen LogP contribution in [0.1, 0.15) is 38.9 Å². The Kier molecular flexibility index (Phi) is 6.95. The van der Waals surface area contributed by atoms with Crippen molar-refractivity contribution in [3.05, 3.63) is 60.2 Å². The fraction of sp³-hybridized carbons (Fsp3) is 0.435. The normalized spacial score (nSPS) is 18.2. The van der Waals surface area contributed by atoms with E-state index in [1.54, 1.807) is 48.5 Å². The maximum absolute atomic E-state index is 13.2. The van der Waals surface area contributed by atoms with E-state index in [0.29, 0.717) is 31.8 Å². The second-order valence-corrected chi connectivity index (χ2v) is 10.3. The molecule has 0 aromatic heterocycles. The lowest BCUT2D eigenvalue weighted by Gasteiger charge is -2.33. The van der Waals surface area contributed by atoms with Gasteiger partial charge in [0, 0.05) is 25.2 Å². The molecule has 1 unspecified atom stereocenters. The molecule has 30 heavy (non-hydrogen) atoms. The molecule has 0 saturated carbocycles. The van der Waals surface area contributed by atoms with E-state index >= 15 is 0 Å². The highest BCUT2D eigenvalue weighted by atomic mass is 32.2. The number of nitrogens with zero attached hydrogens (tertiary/aromatic N) is 1. The largest absolute Gasteiger partial charge is 0.460 e. The lowest BCUT2D eigenvalue weighted by Crippen LogP contribution is -2.40. The van der Waals surface area contributed by atoms with Crippen molar-refractivity contribution in [2.24, 2.45) is 0 Å². The number of ether oxygens (including phenoxy) is 2. The molecule has 3 rings (SSSR count). The van der Waals surface area contributed by atoms with Gasteiger partial charge in [-0.2, -0.15) is 0 Å². The number of carbonyl (C=O) groups is 1. The standard InChI is InChI=1S/C23H29NO5S/c1-23(2,3)29-22(25)13-14-24-15-16-28-20(17-24)19-11-7-8-12-21(19)30(26,27)18-9-5-4-6-10-18/h4-12,20H,13-17H2,1-3H3. The quantitative estimate of drug-likeness (QED) is 0.651. The van der Waals surface area contributed by atoms with Crippen LogP contribution in [0.5, 0.6) is 0 Å². The van der Waals surface area contributed by atoms with Gasteiger partial charge < -0.3 is 9.47 Å². The fourth-order valence-electron chi connectivity index (χ4n) is 3.45. The predicted octanol–water partition coefficient (Wildman–Crippen LogP) is 3.62. The third-order valence-electron chi connectivity index (χ3n) is 4.81. The molecule has 0 amide bonds. The van der Waals surface area contributed by atoms with Gasteiger partial charge in [0.2, 0.25) is 9.84 Å². The van der Waals surface area contributed by atoms with Gasteiger partial charge in [-0.25, -0.2) is 8.42 Å². The van der Waals surface area contributed by atoms with Crippen molar-refractivity contribution in [3.63, 3.8) is 0 Å². The average molecular weight is 432 g/mol. The van der Waals surface area contributed by atoms with Crippen molar-refractivity contribution in [1.29, 1.82) is 0 Å². The number of benzene rings is 2. The first-order chi connectivity index (χ1) is 14.2. The fourth-order valence-corrected chi connectivity index (χ4v) is 4.99. The summed E-state index contributed by atoms with van der Waals surface area (Å²) in [4.78, 5) is 14.7. The van der Waals surface area contributed by atoms with Gasteiger partial charge in [-0.05, 0) is 39.0 Å². The Balaban J connectivity index is 1.75. The van der Waals surface area contributed by atoms with Crippen molar-refractivity contribution in [2.75, 3.05) is 26.2 Å². The molecule has 1 heterocycles. The second kappa shape index (κ2) is 9.29. The Labute approximate surface area is 178 Å². The summed E-state index contributed by atoms with van der Waals surface area (Å²) in [5, 5.41) is 0. The highest BCUT2D eigenvalue weighted by molar-refractivity contribution is 7.91. The average Bonchev–Trinajstić information content (AvgIpc) is 2.72. The van der Waals surface area contributed by atoms with E-state index in [1.807, 2.05) is 26.8 Å². The van der Waals surface area contributed by atoms with E-state index in [4.69, 9.17) is 9.47 Å². The molecule has 0 bridgehead atoms. The van der Waals surface area contributed by atoms with Gasteiger partial charge in [0.15, 0.2) is 0 Å². The molecule has 1 fully saturated rings. The first-order valence-corrected chi connectivity index (χ1v) is 11.6. The zero-order chi connectivity index (χ0) is 21.8. The summed E-state index contributed by atoms with van der Waals surface area (Å²) in [6.45, 7) is 7.76. The Morgan fingerprint density at radius 3 is 2.47 bits per heavy atom. The minimum atomic E-state index is -3.66. The van der Waals surface area contributed by atoms with Crippen LogP contribution >= 0.6 is 0 Å². The smallest absolute Gasteiger partial charge is 0.307 e. The molecule has 0 radical (unpaired) electrons. The minimum absolute atomic E-state index is 0.238. The van der Waals surface area contributed by atoms with Crippen LogP contribution in [0.15, 0.2) is 64.4 Å². The zero-order valence-corrected chi connectivity index (χ0v) is 18.5. The van der Waals surface area contributed by atoms with Crippen LogP contribution in [0.2, 0.25) is 0 Å². The molecular formula is C23H29NO5S. The van der Waals surface area contributed by atoms with Crippen molar-refractivity contribution >= 4 is 15.8 Å². The number of morpholine rings is 1. The Morgan fingerprint density at radius 2 is 1.77 bits per heavy atom. The Morgan fingerprint density at radius 1 is 1.10 bits per heavy atom. The van der Waals surface area contributed by atoms with Crippen LogP contribution in [-0.4, -0.2) is 51.1 Å². The van der Waals surface area contributed by atoms with E-state index < -0.39 is 15.4 Å². The summed E-state index contributed by atoms with van der Waals surface area (Å²) < 4.78 is 37.7. The van der Waals surface area contributed by atoms with Crippen LogP contribution in [0.3, 0.4) is 0 Å². The van der Waals surface area contributed by atoms with Gasteiger partial charge in [0.05, 0.1) is 28.9 Å². The van der Waals surface area contributed by atoms with Gasteiger partial charge in [-0.15, -0.1) is 0 Å². The number of rotatable bonds is 6. The lowest BCUT2D eigenvalue weighted by molar-refractivity contribution is -0.155. The van der Waals surface area contributed by atoms with E-state index in [0.717, 1.165) is 0 Å². The minimum Gasteiger partial charge on any atom is -0.460 e. The van der Waals surface area contributed by atoms with Crippen LogP contribution in [0.25, 0.3) is 0 Å². The molecule has 162 valence electrons. The predicted molar refractivity (Wildman–Crippen MR) is 114 cm³/mol. The molecule has 2 aromatic rings. The number of sulfone groups is 1. The molecule has 0 aliphatic carbocycles. The number of hydrogen-bond acceptors (Lipinski definition) is 6. The summed E-state index contributed by atoms with van der Waals surface area (Å²) in [6, 6.07) is 15.4. The summed E-state index contributed by atoms with van der Waals surface area (Å²) >= 11 is 0. The van der Waals surface area contributed by atoms with Crippen LogP contribution < -0.4 is 0 Å². The Bertz CT molecular complexity index is 967. The van der Waals surface area contributed by atoms with E-state index in [9.17, 15) is 13.2 Å². The van der Waals surface area contributed by atoms with Crippen LogP contribution in [-0.2, 0) is 24.1 Å². The van der Waals surface area contributed by atoms with Gasteiger partial charge in [-0.1, -0.05) is 36.4 Å². The molecule has 6 nitrogen and oxygen atoms in total. The topological polar surface area (TPSA) is 72.9 Å². The molecule has 0 spiro atoms. The molecule has 1 saturated heterocycles. The molecule has 2 aromatic carbocycles. The first kappa shape index (κ1) is 22.5. The third kappa shape index (κ3) is 5.68. The number of hydrogen-bond donors (Lipinski definition) is 0. The van der Waals surface area contributed by atoms with Gasteiger partial charge >= 0.3 is 5.97 Å². The summed E-state index contributed by atoms with van der Waals surface area (Å²) in [6.07, 6.45) is -0.0967. The van der Waals surface area contributed by atoms with Gasteiger partial charge in [0.1, 0.15) is 5.60 Å². The third-order valence-corrected chi connectivity index (χ3v) is 6.66. The van der Waals surface area contributed by atoms with Crippen molar-refractivity contribution in [3.8, 4) is 0 Å². The Hall–Kier alpha value is -2.22. The maximum Gasteiger partial charge on any atom is 0.307 e. The zero-order valence-electron chi connectivity index (χ0n) is 17.7. The van der Waals surface area contributed by atoms with E-state index in [-0.39, 0.29) is 28.3 Å². The molecule has 1 aliphatic heterocycles. The van der Waals surface area contributed by atoms with Crippen molar-refractivity contribution in [2.45, 2.75) is 48.7 Å². The van der Waals surface area contributed by atoms with Crippen LogP contribution in [0, 0.1) is 0 Å². The summed E-state index contributed by atoms with van der Waals surface area (Å²) in [7, 11) is -3.66. The molecule has 0 N–H and O–H groups in total. The summed E-state index contributed by atoms with van der Waals surface area (Å²) in [5.74, 6) is -0.238. The van der Waals surface area contributed by atoms with E-state index in [1.165, 1.54) is 0 Å². The highest BCUT2D eigenvalue weighted by Crippen LogP contribution is 2.31. The first-order valence-electron chi connectivity index (χ1n) is 10.1. The highest BCUT2D eigenvalue weighted by Gasteiger charge is 2.29. The number of esters is 1. The van der Waals surface area contributed by atoms with Gasteiger partial charge in [0.25, 0.3) is 0 Å². The molecule has 1 atom stereocenters. The SMILES string of the molecule is CC(C)(C)OC(=O)CCN1CCOC(c2ccccc2S(=O)(=O)c2ccccc2)C1. The summed E-state index contributed by atoms with van der Waals surface area (Å²) in [5.41, 5.74) is 0.137. The maximum atomic E-state index is 13.2. The monoisotopic (exact) mass is 431 g/mol. The van der Waals surface area contributed by atoms with Crippen LogP contribution in [0.4, 0.5) is 0 Å². The second-order valence-electron chi connectivity index (χ2n) is 8.35. The molecular weight excluding hydrogens is 402 g/mol. The van der Waals surface area contributed by atoms with E-state index in [2.05, 4.69) is 4.90 Å². The number of carbonyl (C=O) groups excluding carboxylic acids is 1.